The van der Waals surface area contributed by atoms with Crippen LogP contribution in [0.4, 0.5) is 5.82 Å². The van der Waals surface area contributed by atoms with Gasteiger partial charge in [0.2, 0.25) is 0 Å². The van der Waals surface area contributed by atoms with Gasteiger partial charge in [-0.25, -0.2) is 9.97 Å². The molecule has 30 heavy (non-hydrogen) atoms. The maximum atomic E-state index is 13.4. The Labute approximate surface area is 182 Å². The fourth-order valence-corrected chi connectivity index (χ4v) is 5.28. The molecule has 162 valence electrons. The summed E-state index contributed by atoms with van der Waals surface area (Å²) in [5.41, 5.74) is 6.34. The third-order valence-corrected chi connectivity index (χ3v) is 6.99. The highest BCUT2D eigenvalue weighted by Crippen LogP contribution is 2.45. The molecule has 2 aliphatic carbocycles. The summed E-state index contributed by atoms with van der Waals surface area (Å²) in [7, 11) is 0. The number of hydrogen-bond acceptors (Lipinski definition) is 7. The molecule has 3 aliphatic rings. The molecule has 1 spiro atoms. The summed E-state index contributed by atoms with van der Waals surface area (Å²) in [4.78, 5) is 37.4. The van der Waals surface area contributed by atoms with E-state index in [9.17, 15) is 9.59 Å². The van der Waals surface area contributed by atoms with Crippen LogP contribution in [-0.4, -0.2) is 47.2 Å². The molecule has 1 aromatic heterocycles. The summed E-state index contributed by atoms with van der Waals surface area (Å²) in [5.74, 6) is 0.956. The normalized spacial score (nSPS) is 29.8. The van der Waals surface area contributed by atoms with Crippen molar-refractivity contribution >= 4 is 34.7 Å². The number of anilines is 1. The van der Waals surface area contributed by atoms with Crippen LogP contribution in [0.3, 0.4) is 0 Å². The number of ketones is 2. The summed E-state index contributed by atoms with van der Waals surface area (Å²) in [6.07, 6.45) is 5.83. The minimum atomic E-state index is -0.886. The molecule has 3 fully saturated rings. The summed E-state index contributed by atoms with van der Waals surface area (Å²) in [5, 5.41) is 3.72. The SMILES string of the molecule is C[C@H]1CNCCCN1c1cc(Cl)nc(C(N)=C2CCC[C@@]3(CCCCC3=O)C2=O)n1. The molecule has 0 aromatic carbocycles. The van der Waals surface area contributed by atoms with Crippen molar-refractivity contribution in [2.45, 2.75) is 64.3 Å². The third kappa shape index (κ3) is 3.85. The molecule has 8 heteroatoms. The van der Waals surface area contributed by atoms with Crippen molar-refractivity contribution < 1.29 is 9.59 Å². The molecule has 1 saturated heterocycles. The first kappa shape index (κ1) is 21.2. The van der Waals surface area contributed by atoms with Gasteiger partial charge in [0, 0.05) is 37.2 Å². The lowest BCUT2D eigenvalue weighted by Crippen LogP contribution is -2.45. The molecule has 7 nitrogen and oxygen atoms in total. The van der Waals surface area contributed by atoms with Gasteiger partial charge in [-0.3, -0.25) is 9.59 Å². The minimum Gasteiger partial charge on any atom is -0.395 e. The Morgan fingerprint density at radius 1 is 1.20 bits per heavy atom. The number of hydrogen-bond donors (Lipinski definition) is 2. The van der Waals surface area contributed by atoms with Gasteiger partial charge in [-0.15, -0.1) is 0 Å². The molecule has 3 N–H and O–H groups in total. The average Bonchev–Trinajstić information content (AvgIpc) is 2.95. The zero-order valence-corrected chi connectivity index (χ0v) is 18.3. The minimum absolute atomic E-state index is 0.0716. The standard InChI is InChI=1S/C22H30ClN5O2/c1-14-13-25-10-5-11-28(14)18-12-17(23)26-21(27-18)19(24)15-6-4-9-22(20(15)30)8-3-2-7-16(22)29/h12,14,25H,2-11,13,24H2,1H3/t14-,22+/m0/s1. The number of carbonyl (C=O) groups is 2. The average molecular weight is 432 g/mol. The van der Waals surface area contributed by atoms with E-state index in [0.717, 1.165) is 51.1 Å². The topological polar surface area (TPSA) is 101 Å². The number of nitrogens with zero attached hydrogens (tertiary/aromatic N) is 3. The number of nitrogens with two attached hydrogens (primary N) is 1. The van der Waals surface area contributed by atoms with E-state index in [1.807, 2.05) is 0 Å². The van der Waals surface area contributed by atoms with Crippen LogP contribution in [-0.2, 0) is 9.59 Å². The van der Waals surface area contributed by atoms with Crippen LogP contribution in [0.2, 0.25) is 5.15 Å². The van der Waals surface area contributed by atoms with Gasteiger partial charge in [0.05, 0.1) is 11.1 Å². The molecule has 0 amide bonds. The van der Waals surface area contributed by atoms with Gasteiger partial charge >= 0.3 is 0 Å². The third-order valence-electron chi connectivity index (χ3n) is 6.80. The van der Waals surface area contributed by atoms with Crippen LogP contribution in [0.1, 0.15) is 64.1 Å². The number of Topliss-reactive ketones (excluding diaryl/α,β-unsaturated/α-hetero) is 2. The first-order chi connectivity index (χ1) is 14.4. The van der Waals surface area contributed by atoms with Crippen molar-refractivity contribution in [3.8, 4) is 0 Å². The van der Waals surface area contributed by atoms with Gasteiger partial charge < -0.3 is 16.0 Å². The van der Waals surface area contributed by atoms with Gasteiger partial charge in [-0.1, -0.05) is 18.0 Å². The quantitative estimate of drug-likeness (QED) is 0.421. The smallest absolute Gasteiger partial charge is 0.179 e. The molecule has 2 heterocycles. The molecule has 0 unspecified atom stereocenters. The number of aromatic nitrogens is 2. The molecule has 0 radical (unpaired) electrons. The second kappa shape index (κ2) is 8.63. The molecule has 1 aliphatic heterocycles. The van der Waals surface area contributed by atoms with Crippen molar-refractivity contribution in [2.75, 3.05) is 24.5 Å². The number of allylic oxidation sites excluding steroid dienone is 1. The van der Waals surface area contributed by atoms with Crippen LogP contribution in [0.15, 0.2) is 11.6 Å². The fraction of sp³-hybridized carbons (Fsp3) is 0.636. The second-order valence-corrected chi connectivity index (χ2v) is 9.15. The predicted molar refractivity (Wildman–Crippen MR) is 117 cm³/mol. The lowest BCUT2D eigenvalue weighted by Gasteiger charge is -2.38. The lowest BCUT2D eigenvalue weighted by molar-refractivity contribution is -0.143. The van der Waals surface area contributed by atoms with E-state index in [1.54, 1.807) is 6.07 Å². The molecular weight excluding hydrogens is 402 g/mol. The van der Waals surface area contributed by atoms with Crippen LogP contribution < -0.4 is 16.0 Å². The molecular formula is C22H30ClN5O2. The number of rotatable bonds is 2. The van der Waals surface area contributed by atoms with Gasteiger partial charge in [0.1, 0.15) is 16.8 Å². The summed E-state index contributed by atoms with van der Waals surface area (Å²) < 4.78 is 0. The Morgan fingerprint density at radius 2 is 2.00 bits per heavy atom. The van der Waals surface area contributed by atoms with Crippen molar-refractivity contribution in [1.29, 1.82) is 0 Å². The highest BCUT2D eigenvalue weighted by molar-refractivity contribution is 6.29. The van der Waals surface area contributed by atoms with E-state index in [4.69, 9.17) is 22.3 Å². The maximum Gasteiger partial charge on any atom is 0.179 e. The monoisotopic (exact) mass is 431 g/mol. The van der Waals surface area contributed by atoms with Crippen LogP contribution in [0, 0.1) is 5.41 Å². The van der Waals surface area contributed by atoms with E-state index in [2.05, 4.69) is 22.1 Å². The lowest BCUT2D eigenvalue weighted by atomic mass is 9.62. The van der Waals surface area contributed by atoms with E-state index in [0.29, 0.717) is 36.4 Å². The molecule has 4 rings (SSSR count). The first-order valence-electron chi connectivity index (χ1n) is 11.0. The summed E-state index contributed by atoms with van der Waals surface area (Å²) in [6, 6.07) is 2.00. The molecule has 1 aromatic rings. The first-order valence-corrected chi connectivity index (χ1v) is 11.4. The van der Waals surface area contributed by atoms with Crippen LogP contribution in [0.5, 0.6) is 0 Å². The van der Waals surface area contributed by atoms with Gasteiger partial charge in [0.15, 0.2) is 11.6 Å². The Bertz CT molecular complexity index is 882. The van der Waals surface area contributed by atoms with Crippen molar-refractivity contribution in [1.82, 2.24) is 15.3 Å². The zero-order chi connectivity index (χ0) is 21.3. The zero-order valence-electron chi connectivity index (χ0n) is 17.5. The Kier molecular flexibility index (Phi) is 6.11. The van der Waals surface area contributed by atoms with Crippen LogP contribution >= 0.6 is 11.6 Å². The van der Waals surface area contributed by atoms with Crippen molar-refractivity contribution in [2.24, 2.45) is 11.1 Å². The van der Waals surface area contributed by atoms with E-state index in [-0.39, 0.29) is 29.1 Å². The second-order valence-electron chi connectivity index (χ2n) is 8.76. The van der Waals surface area contributed by atoms with Crippen molar-refractivity contribution in [3.05, 3.63) is 22.6 Å². The highest BCUT2D eigenvalue weighted by Gasteiger charge is 2.49. The van der Waals surface area contributed by atoms with Gasteiger partial charge in [-0.05, 0) is 52.0 Å². The van der Waals surface area contributed by atoms with E-state index in [1.165, 1.54) is 0 Å². The Morgan fingerprint density at radius 3 is 2.80 bits per heavy atom. The number of halogens is 1. The molecule has 0 bridgehead atoms. The van der Waals surface area contributed by atoms with Gasteiger partial charge in [-0.2, -0.15) is 0 Å². The largest absolute Gasteiger partial charge is 0.395 e. The maximum absolute atomic E-state index is 13.4. The van der Waals surface area contributed by atoms with E-state index < -0.39 is 5.41 Å². The van der Waals surface area contributed by atoms with E-state index >= 15 is 0 Å². The molecule has 2 atom stereocenters. The Hall–Kier alpha value is -1.99. The number of carbonyl (C=O) groups excluding carboxylic acids is 2. The summed E-state index contributed by atoms with van der Waals surface area (Å²) in [6.45, 7) is 4.81. The van der Waals surface area contributed by atoms with Gasteiger partial charge in [0.25, 0.3) is 0 Å². The summed E-state index contributed by atoms with van der Waals surface area (Å²) >= 11 is 6.33. The number of nitrogens with one attached hydrogen (secondary N) is 1. The van der Waals surface area contributed by atoms with Crippen molar-refractivity contribution in [3.63, 3.8) is 0 Å². The molecule has 2 saturated carbocycles. The Balaban J connectivity index is 1.71. The fourth-order valence-electron chi connectivity index (χ4n) is 5.10. The highest BCUT2D eigenvalue weighted by atomic mass is 35.5. The van der Waals surface area contributed by atoms with Crippen LogP contribution in [0.25, 0.3) is 5.70 Å². The predicted octanol–water partition coefficient (Wildman–Crippen LogP) is 2.87.